The van der Waals surface area contributed by atoms with Gasteiger partial charge in [-0.25, -0.2) is 0 Å². The van der Waals surface area contributed by atoms with Crippen LogP contribution in [0, 0.1) is 17.3 Å². The lowest BCUT2D eigenvalue weighted by atomic mass is 9.71. The van der Waals surface area contributed by atoms with Crippen LogP contribution < -0.4 is 0 Å². The number of ether oxygens (including phenoxy) is 1. The van der Waals surface area contributed by atoms with E-state index in [0.717, 1.165) is 11.8 Å². The van der Waals surface area contributed by atoms with Crippen molar-refractivity contribution >= 4 is 0 Å². The van der Waals surface area contributed by atoms with E-state index in [2.05, 4.69) is 48.5 Å². The molecule has 1 aliphatic heterocycles. The normalized spacial score (nSPS) is 39.8. The molecule has 2 aliphatic rings. The van der Waals surface area contributed by atoms with Crippen molar-refractivity contribution in [3.8, 4) is 0 Å². The molecular weight excluding hydrogens is 232 g/mol. The predicted molar refractivity (Wildman–Crippen MR) is 82.2 cm³/mol. The van der Waals surface area contributed by atoms with Crippen LogP contribution in [0.5, 0.6) is 0 Å². The summed E-state index contributed by atoms with van der Waals surface area (Å²) in [5.41, 5.74) is 4.04. The summed E-state index contributed by atoms with van der Waals surface area (Å²) >= 11 is 0. The van der Waals surface area contributed by atoms with Gasteiger partial charge in [-0.1, -0.05) is 38.8 Å². The van der Waals surface area contributed by atoms with Crippen molar-refractivity contribution in [3.63, 3.8) is 0 Å². The summed E-state index contributed by atoms with van der Waals surface area (Å²) in [7, 11) is 0. The Labute approximate surface area is 119 Å². The molecule has 1 heteroatoms. The van der Waals surface area contributed by atoms with Crippen LogP contribution >= 0.6 is 0 Å². The third-order valence-corrected chi connectivity index (χ3v) is 6.26. The summed E-state index contributed by atoms with van der Waals surface area (Å²) in [6.45, 7) is 16.5. The molecule has 1 aliphatic carbocycles. The Hall–Kier alpha value is -0.300. The van der Waals surface area contributed by atoms with Crippen LogP contribution in [-0.2, 0) is 4.74 Å². The van der Waals surface area contributed by atoms with Crippen molar-refractivity contribution < 1.29 is 4.74 Å². The third-order valence-electron chi connectivity index (χ3n) is 6.26. The Morgan fingerprint density at radius 2 is 1.89 bits per heavy atom. The molecule has 1 saturated heterocycles. The number of hydrogen-bond acceptors (Lipinski definition) is 1. The fourth-order valence-electron chi connectivity index (χ4n) is 3.85. The highest BCUT2D eigenvalue weighted by Crippen LogP contribution is 2.52. The second-order valence-corrected chi connectivity index (χ2v) is 7.94. The molecule has 0 amide bonds. The first-order chi connectivity index (χ1) is 8.68. The van der Waals surface area contributed by atoms with E-state index >= 15 is 0 Å². The van der Waals surface area contributed by atoms with E-state index in [0.29, 0.717) is 11.5 Å². The Balaban J connectivity index is 1.99. The lowest BCUT2D eigenvalue weighted by Crippen LogP contribution is -2.26. The van der Waals surface area contributed by atoms with Crippen molar-refractivity contribution in [2.45, 2.75) is 85.9 Å². The molecule has 0 bridgehead atoms. The van der Waals surface area contributed by atoms with Crippen molar-refractivity contribution in [2.75, 3.05) is 0 Å². The largest absolute Gasteiger partial charge is 0.367 e. The van der Waals surface area contributed by atoms with Gasteiger partial charge in [0.1, 0.15) is 0 Å². The highest BCUT2D eigenvalue weighted by atomic mass is 16.6. The summed E-state index contributed by atoms with van der Waals surface area (Å²) < 4.78 is 5.70. The standard InChI is InChI=1S/C18H32O/c1-12(2)18(7)11-10-15(14(18)4)13(3)8-9-16-17(5,6)19-16/h12,14,16H,8-11H2,1-7H3/b15-13-. The maximum atomic E-state index is 5.70. The van der Waals surface area contributed by atoms with Gasteiger partial charge in [0.05, 0.1) is 11.7 Å². The van der Waals surface area contributed by atoms with E-state index < -0.39 is 0 Å². The molecule has 1 heterocycles. The van der Waals surface area contributed by atoms with Crippen LogP contribution in [0.4, 0.5) is 0 Å². The minimum atomic E-state index is 0.151. The summed E-state index contributed by atoms with van der Waals surface area (Å²) in [5.74, 6) is 1.53. The van der Waals surface area contributed by atoms with Gasteiger partial charge in [-0.2, -0.15) is 0 Å². The zero-order chi connectivity index (χ0) is 14.4. The van der Waals surface area contributed by atoms with Gasteiger partial charge in [-0.15, -0.1) is 0 Å². The zero-order valence-corrected chi connectivity index (χ0v) is 14.0. The fourth-order valence-corrected chi connectivity index (χ4v) is 3.85. The number of epoxide rings is 1. The van der Waals surface area contributed by atoms with Gasteiger partial charge in [0, 0.05) is 0 Å². The van der Waals surface area contributed by atoms with Gasteiger partial charge in [0.2, 0.25) is 0 Å². The Bertz CT molecular complexity index is 377. The molecule has 0 aromatic carbocycles. The van der Waals surface area contributed by atoms with E-state index in [1.54, 1.807) is 11.1 Å². The molecule has 0 spiro atoms. The fraction of sp³-hybridized carbons (Fsp3) is 0.889. The predicted octanol–water partition coefficient (Wildman–Crippen LogP) is 5.35. The minimum Gasteiger partial charge on any atom is -0.367 e. The topological polar surface area (TPSA) is 12.5 Å². The summed E-state index contributed by atoms with van der Waals surface area (Å²) in [6, 6.07) is 0. The van der Waals surface area contributed by atoms with E-state index in [1.807, 2.05) is 0 Å². The molecule has 110 valence electrons. The molecule has 2 rings (SSSR count). The first-order valence-electron chi connectivity index (χ1n) is 8.05. The molecule has 0 radical (unpaired) electrons. The van der Waals surface area contributed by atoms with Gasteiger partial charge in [-0.05, 0) is 63.7 Å². The van der Waals surface area contributed by atoms with Crippen molar-refractivity contribution in [1.29, 1.82) is 0 Å². The first kappa shape index (κ1) is 15.1. The molecular formula is C18H32O. The van der Waals surface area contributed by atoms with Crippen molar-refractivity contribution in [1.82, 2.24) is 0 Å². The highest BCUT2D eigenvalue weighted by molar-refractivity contribution is 5.23. The quantitative estimate of drug-likeness (QED) is 0.492. The van der Waals surface area contributed by atoms with Gasteiger partial charge in [0.15, 0.2) is 0 Å². The Morgan fingerprint density at radius 3 is 2.32 bits per heavy atom. The monoisotopic (exact) mass is 264 g/mol. The maximum absolute atomic E-state index is 5.70. The molecule has 1 nitrogen and oxygen atoms in total. The van der Waals surface area contributed by atoms with Gasteiger partial charge in [0.25, 0.3) is 0 Å². The average molecular weight is 264 g/mol. The maximum Gasteiger partial charge on any atom is 0.0892 e. The lowest BCUT2D eigenvalue weighted by molar-refractivity contribution is 0.172. The zero-order valence-electron chi connectivity index (χ0n) is 14.0. The smallest absolute Gasteiger partial charge is 0.0892 e. The Morgan fingerprint density at radius 1 is 1.32 bits per heavy atom. The minimum absolute atomic E-state index is 0.151. The van der Waals surface area contributed by atoms with Crippen LogP contribution in [0.3, 0.4) is 0 Å². The molecule has 3 atom stereocenters. The van der Waals surface area contributed by atoms with E-state index in [9.17, 15) is 0 Å². The van der Waals surface area contributed by atoms with Gasteiger partial charge < -0.3 is 4.74 Å². The molecule has 0 N–H and O–H groups in total. The molecule has 3 unspecified atom stereocenters. The molecule has 1 saturated carbocycles. The van der Waals surface area contributed by atoms with Crippen molar-refractivity contribution in [2.24, 2.45) is 17.3 Å². The van der Waals surface area contributed by atoms with Crippen LogP contribution in [-0.4, -0.2) is 11.7 Å². The SMILES string of the molecule is C/C(CCC1OC1(C)C)=C1\CCC(C)(C(C)C)C1C. The number of allylic oxidation sites excluding steroid dienone is 2. The highest BCUT2D eigenvalue weighted by Gasteiger charge is 2.47. The van der Waals surface area contributed by atoms with Crippen molar-refractivity contribution in [3.05, 3.63) is 11.1 Å². The molecule has 19 heavy (non-hydrogen) atoms. The van der Waals surface area contributed by atoms with Gasteiger partial charge >= 0.3 is 0 Å². The van der Waals surface area contributed by atoms with E-state index in [1.165, 1.54) is 25.7 Å². The van der Waals surface area contributed by atoms with Gasteiger partial charge in [-0.3, -0.25) is 0 Å². The van der Waals surface area contributed by atoms with Crippen LogP contribution in [0.25, 0.3) is 0 Å². The molecule has 0 aromatic rings. The summed E-state index contributed by atoms with van der Waals surface area (Å²) in [4.78, 5) is 0. The van der Waals surface area contributed by atoms with Crippen LogP contribution in [0.1, 0.15) is 74.1 Å². The second-order valence-electron chi connectivity index (χ2n) is 7.94. The third kappa shape index (κ3) is 2.77. The Kier molecular flexibility index (Phi) is 3.90. The molecule has 2 fully saturated rings. The first-order valence-corrected chi connectivity index (χ1v) is 8.05. The summed E-state index contributed by atoms with van der Waals surface area (Å²) in [5, 5.41) is 0. The van der Waals surface area contributed by atoms with E-state index in [-0.39, 0.29) is 5.60 Å². The lowest BCUT2D eigenvalue weighted by Gasteiger charge is -2.34. The van der Waals surface area contributed by atoms with Crippen LogP contribution in [0.15, 0.2) is 11.1 Å². The average Bonchev–Trinajstić information content (AvgIpc) is 2.80. The summed E-state index contributed by atoms with van der Waals surface area (Å²) in [6.07, 6.45) is 5.60. The number of hydrogen-bond donors (Lipinski definition) is 0. The number of rotatable bonds is 4. The van der Waals surface area contributed by atoms with E-state index in [4.69, 9.17) is 4.74 Å². The second kappa shape index (κ2) is 4.91. The molecule has 0 aromatic heterocycles. The van der Waals surface area contributed by atoms with Crippen LogP contribution in [0.2, 0.25) is 0 Å².